The quantitative estimate of drug-likeness (QED) is 0.183. The van der Waals surface area contributed by atoms with E-state index in [1.165, 1.54) is 45.7 Å². The van der Waals surface area contributed by atoms with Crippen LogP contribution in [-0.2, 0) is 0 Å². The maximum atomic E-state index is 4.76. The van der Waals surface area contributed by atoms with Gasteiger partial charge in [0.15, 0.2) is 5.96 Å². The van der Waals surface area contributed by atoms with Gasteiger partial charge in [-0.3, -0.25) is 9.89 Å². The zero-order valence-corrected chi connectivity index (χ0v) is 21.7. The van der Waals surface area contributed by atoms with E-state index in [9.17, 15) is 0 Å². The molecule has 0 aromatic heterocycles. The normalized spacial score (nSPS) is 16.7. The Morgan fingerprint density at radius 1 is 0.929 bits per heavy atom. The first-order valence-electron chi connectivity index (χ1n) is 11.2. The molecule has 1 fully saturated rings. The minimum atomic E-state index is 0. The number of halogens is 1. The number of rotatable bonds is 12. The molecule has 7 heteroatoms. The highest BCUT2D eigenvalue weighted by Gasteiger charge is 2.14. The van der Waals surface area contributed by atoms with E-state index in [-0.39, 0.29) is 24.0 Å². The maximum absolute atomic E-state index is 4.76. The zero-order valence-electron chi connectivity index (χ0n) is 19.3. The molecule has 0 saturated carbocycles. The third-order valence-corrected chi connectivity index (χ3v) is 5.40. The van der Waals surface area contributed by atoms with Gasteiger partial charge < -0.3 is 20.4 Å². The maximum Gasteiger partial charge on any atom is 0.191 e. The minimum absolute atomic E-state index is 0. The molecule has 0 radical (unpaired) electrons. The molecule has 1 heterocycles. The number of aliphatic imine (C=N–C) groups is 1. The van der Waals surface area contributed by atoms with Crippen LogP contribution in [0, 0.1) is 0 Å². The zero-order chi connectivity index (χ0) is 20.1. The van der Waals surface area contributed by atoms with Gasteiger partial charge in [-0.15, -0.1) is 24.0 Å². The highest BCUT2D eigenvalue weighted by atomic mass is 127. The van der Waals surface area contributed by atoms with Crippen LogP contribution in [0.4, 0.5) is 0 Å². The monoisotopic (exact) mass is 510 g/mol. The van der Waals surface area contributed by atoms with Crippen LogP contribution in [0.3, 0.4) is 0 Å². The van der Waals surface area contributed by atoms with Gasteiger partial charge in [0.25, 0.3) is 0 Å². The van der Waals surface area contributed by atoms with Crippen LogP contribution in [-0.4, -0.2) is 98.2 Å². The summed E-state index contributed by atoms with van der Waals surface area (Å²) in [5.74, 6) is 0.960. The number of nitrogens with zero attached hydrogens (tertiary/aromatic N) is 4. The van der Waals surface area contributed by atoms with E-state index in [1.807, 2.05) is 0 Å². The number of nitrogens with one attached hydrogen (secondary N) is 2. The summed E-state index contributed by atoms with van der Waals surface area (Å²) in [5.41, 5.74) is 0. The number of hydrogen-bond acceptors (Lipinski definition) is 4. The largest absolute Gasteiger partial charge is 0.357 e. The lowest BCUT2D eigenvalue weighted by atomic mass is 10.2. The molecular formula is C21H47IN6. The molecule has 0 amide bonds. The standard InChI is InChI=1S/C21H46N6.HI/c1-7-22-21(24-12-14-27(19(3)4)20(5)6)23-11-9-10-13-26-17-15-25(8-2)16-18-26;/h19-20H,7-18H2,1-6H3,(H2,22,23,24);1H. The molecule has 1 aliphatic rings. The van der Waals surface area contributed by atoms with Gasteiger partial charge in [-0.2, -0.15) is 0 Å². The summed E-state index contributed by atoms with van der Waals surface area (Å²) in [6, 6.07) is 1.15. The van der Waals surface area contributed by atoms with Crippen LogP contribution >= 0.6 is 24.0 Å². The van der Waals surface area contributed by atoms with Crippen molar-refractivity contribution in [3.8, 4) is 0 Å². The molecule has 1 saturated heterocycles. The van der Waals surface area contributed by atoms with Gasteiger partial charge in [-0.1, -0.05) is 6.92 Å². The Kier molecular flexibility index (Phi) is 16.6. The SMILES string of the molecule is CCNC(=NCCCCN1CCN(CC)CC1)NCCN(C(C)C)C(C)C.I. The predicted octanol–water partition coefficient (Wildman–Crippen LogP) is 2.70. The summed E-state index contributed by atoms with van der Waals surface area (Å²) in [6.45, 7) is 24.6. The predicted molar refractivity (Wildman–Crippen MR) is 134 cm³/mol. The second-order valence-corrected chi connectivity index (χ2v) is 8.10. The van der Waals surface area contributed by atoms with E-state index >= 15 is 0 Å². The molecule has 1 aliphatic heterocycles. The average molecular weight is 511 g/mol. The molecular weight excluding hydrogens is 463 g/mol. The van der Waals surface area contributed by atoms with Crippen LogP contribution in [0.1, 0.15) is 54.4 Å². The molecule has 168 valence electrons. The van der Waals surface area contributed by atoms with Crippen LogP contribution < -0.4 is 10.6 Å². The van der Waals surface area contributed by atoms with E-state index in [0.717, 1.165) is 38.6 Å². The molecule has 1 rings (SSSR count). The van der Waals surface area contributed by atoms with Crippen molar-refractivity contribution in [1.29, 1.82) is 0 Å². The molecule has 6 nitrogen and oxygen atoms in total. The van der Waals surface area contributed by atoms with E-state index in [4.69, 9.17) is 4.99 Å². The molecule has 0 aliphatic carbocycles. The van der Waals surface area contributed by atoms with Crippen LogP contribution in [0.25, 0.3) is 0 Å². The number of hydrogen-bond donors (Lipinski definition) is 2. The number of piperazine rings is 1. The van der Waals surface area contributed by atoms with Crippen LogP contribution in [0.15, 0.2) is 4.99 Å². The number of unbranched alkanes of at least 4 members (excludes halogenated alkanes) is 1. The summed E-state index contributed by atoms with van der Waals surface area (Å²) >= 11 is 0. The Bertz CT molecular complexity index is 386. The Balaban J connectivity index is 0.00000729. The lowest BCUT2D eigenvalue weighted by Crippen LogP contribution is -2.46. The Morgan fingerprint density at radius 2 is 1.54 bits per heavy atom. The molecule has 2 N–H and O–H groups in total. The third-order valence-electron chi connectivity index (χ3n) is 5.40. The minimum Gasteiger partial charge on any atom is -0.357 e. The van der Waals surface area contributed by atoms with Crippen molar-refractivity contribution >= 4 is 29.9 Å². The molecule has 0 bridgehead atoms. The van der Waals surface area contributed by atoms with Crippen molar-refractivity contribution < 1.29 is 0 Å². The van der Waals surface area contributed by atoms with Crippen molar-refractivity contribution in [3.63, 3.8) is 0 Å². The van der Waals surface area contributed by atoms with E-state index in [0.29, 0.717) is 12.1 Å². The number of guanidine groups is 1. The van der Waals surface area contributed by atoms with Crippen LogP contribution in [0.5, 0.6) is 0 Å². The second kappa shape index (κ2) is 16.7. The van der Waals surface area contributed by atoms with Gasteiger partial charge in [0.2, 0.25) is 0 Å². The van der Waals surface area contributed by atoms with E-state index in [2.05, 4.69) is 66.9 Å². The molecule has 28 heavy (non-hydrogen) atoms. The fraction of sp³-hybridized carbons (Fsp3) is 0.952. The number of likely N-dealkylation sites (N-methyl/N-ethyl adjacent to an activating group) is 1. The first kappa shape index (κ1) is 27.9. The highest BCUT2D eigenvalue weighted by molar-refractivity contribution is 14.0. The topological polar surface area (TPSA) is 46.1 Å². The van der Waals surface area contributed by atoms with E-state index < -0.39 is 0 Å². The van der Waals surface area contributed by atoms with Crippen LogP contribution in [0.2, 0.25) is 0 Å². The smallest absolute Gasteiger partial charge is 0.191 e. The summed E-state index contributed by atoms with van der Waals surface area (Å²) in [4.78, 5) is 12.4. The summed E-state index contributed by atoms with van der Waals surface area (Å²) in [7, 11) is 0. The molecule has 0 aromatic carbocycles. The Hall–Kier alpha value is -0.120. The van der Waals surface area contributed by atoms with Gasteiger partial charge in [0, 0.05) is 64.4 Å². The lowest BCUT2D eigenvalue weighted by molar-refractivity contribution is 0.136. The Morgan fingerprint density at radius 3 is 2.07 bits per heavy atom. The van der Waals surface area contributed by atoms with Crippen molar-refractivity contribution in [1.82, 2.24) is 25.3 Å². The first-order valence-corrected chi connectivity index (χ1v) is 11.2. The van der Waals surface area contributed by atoms with Gasteiger partial charge in [-0.05, 0) is 60.5 Å². The Labute approximate surface area is 191 Å². The van der Waals surface area contributed by atoms with Gasteiger partial charge in [0.05, 0.1) is 0 Å². The lowest BCUT2D eigenvalue weighted by Gasteiger charge is -2.33. The summed E-state index contributed by atoms with van der Waals surface area (Å²) in [6.07, 6.45) is 2.40. The van der Waals surface area contributed by atoms with Gasteiger partial charge in [0.1, 0.15) is 0 Å². The summed E-state index contributed by atoms with van der Waals surface area (Å²) < 4.78 is 0. The average Bonchev–Trinajstić information content (AvgIpc) is 2.64. The van der Waals surface area contributed by atoms with Crippen molar-refractivity contribution in [2.24, 2.45) is 4.99 Å². The fourth-order valence-corrected chi connectivity index (χ4v) is 3.73. The van der Waals surface area contributed by atoms with Crippen molar-refractivity contribution in [2.75, 3.05) is 65.4 Å². The third kappa shape index (κ3) is 11.8. The van der Waals surface area contributed by atoms with E-state index in [1.54, 1.807) is 0 Å². The van der Waals surface area contributed by atoms with Crippen molar-refractivity contribution in [3.05, 3.63) is 0 Å². The van der Waals surface area contributed by atoms with Gasteiger partial charge in [-0.25, -0.2) is 0 Å². The van der Waals surface area contributed by atoms with Crippen molar-refractivity contribution in [2.45, 2.75) is 66.5 Å². The molecule has 0 spiro atoms. The highest BCUT2D eigenvalue weighted by Crippen LogP contribution is 2.04. The fourth-order valence-electron chi connectivity index (χ4n) is 3.73. The summed E-state index contributed by atoms with van der Waals surface area (Å²) in [5, 5.41) is 6.86. The first-order chi connectivity index (χ1) is 13.0. The van der Waals surface area contributed by atoms with Gasteiger partial charge >= 0.3 is 0 Å². The molecule has 0 atom stereocenters. The second-order valence-electron chi connectivity index (χ2n) is 8.10. The molecule has 0 unspecified atom stereocenters. The molecule has 0 aromatic rings.